The molecule has 0 bridgehead atoms. The third-order valence-corrected chi connectivity index (χ3v) is 3.20. The van der Waals surface area contributed by atoms with Gasteiger partial charge in [-0.15, -0.1) is 0 Å². The maximum Gasteiger partial charge on any atom is 0.228 e. The Kier molecular flexibility index (Phi) is 4.73. The monoisotopic (exact) mass is 247 g/mol. The van der Waals surface area contributed by atoms with Crippen molar-refractivity contribution in [3.63, 3.8) is 0 Å². The Morgan fingerprint density at radius 2 is 2.39 bits per heavy atom. The normalized spacial score (nSPS) is 18.8. The van der Waals surface area contributed by atoms with Crippen LogP contribution in [0.3, 0.4) is 0 Å². The van der Waals surface area contributed by atoms with Gasteiger partial charge in [0.2, 0.25) is 5.91 Å². The summed E-state index contributed by atoms with van der Waals surface area (Å²) in [7, 11) is 0. The van der Waals surface area contributed by atoms with Crippen molar-refractivity contribution >= 4 is 11.6 Å². The molecule has 18 heavy (non-hydrogen) atoms. The van der Waals surface area contributed by atoms with Crippen molar-refractivity contribution in [1.82, 2.24) is 10.6 Å². The third-order valence-electron chi connectivity index (χ3n) is 3.20. The molecule has 0 spiro atoms. The summed E-state index contributed by atoms with van der Waals surface area (Å²) in [4.78, 5) is 12.0. The molecule has 1 heterocycles. The van der Waals surface area contributed by atoms with E-state index in [4.69, 9.17) is 0 Å². The van der Waals surface area contributed by atoms with Gasteiger partial charge in [-0.2, -0.15) is 0 Å². The molecule has 0 saturated carbocycles. The standard InChI is InChI=1S/C14H21N3O/c1-2-15-9-11-4-3-5-13(8-11)17-14(18)12-6-7-16-10-12/h3-5,8,12,15-16H,2,6-7,9-10H2,1H3,(H,17,18). The van der Waals surface area contributed by atoms with E-state index in [-0.39, 0.29) is 11.8 Å². The minimum atomic E-state index is 0.113. The highest BCUT2D eigenvalue weighted by Gasteiger charge is 2.22. The molecule has 1 aliphatic rings. The van der Waals surface area contributed by atoms with Gasteiger partial charge in [-0.1, -0.05) is 19.1 Å². The van der Waals surface area contributed by atoms with E-state index in [9.17, 15) is 4.79 Å². The molecule has 4 heteroatoms. The average molecular weight is 247 g/mol. The van der Waals surface area contributed by atoms with Crippen LogP contribution in [0.15, 0.2) is 24.3 Å². The number of nitrogens with one attached hydrogen (secondary N) is 3. The van der Waals surface area contributed by atoms with E-state index in [0.29, 0.717) is 0 Å². The minimum Gasteiger partial charge on any atom is -0.326 e. The SMILES string of the molecule is CCNCc1cccc(NC(=O)C2CCNC2)c1. The van der Waals surface area contributed by atoms with Crippen LogP contribution in [0.25, 0.3) is 0 Å². The van der Waals surface area contributed by atoms with Crippen molar-refractivity contribution in [2.24, 2.45) is 5.92 Å². The summed E-state index contributed by atoms with van der Waals surface area (Å²) in [5.74, 6) is 0.239. The van der Waals surface area contributed by atoms with Crippen LogP contribution in [0, 0.1) is 5.92 Å². The van der Waals surface area contributed by atoms with E-state index in [1.54, 1.807) is 0 Å². The topological polar surface area (TPSA) is 53.2 Å². The van der Waals surface area contributed by atoms with Crippen molar-refractivity contribution in [2.45, 2.75) is 19.9 Å². The first kappa shape index (κ1) is 13.1. The van der Waals surface area contributed by atoms with E-state index in [1.807, 2.05) is 18.2 Å². The number of anilines is 1. The van der Waals surface area contributed by atoms with Crippen molar-refractivity contribution in [3.8, 4) is 0 Å². The Balaban J connectivity index is 1.93. The molecule has 1 fully saturated rings. The van der Waals surface area contributed by atoms with Gasteiger partial charge in [-0.05, 0) is 37.2 Å². The lowest BCUT2D eigenvalue weighted by atomic mass is 10.1. The lowest BCUT2D eigenvalue weighted by Crippen LogP contribution is -2.24. The van der Waals surface area contributed by atoms with Gasteiger partial charge < -0.3 is 16.0 Å². The van der Waals surface area contributed by atoms with Crippen LogP contribution in [0.1, 0.15) is 18.9 Å². The highest BCUT2D eigenvalue weighted by Crippen LogP contribution is 2.14. The Morgan fingerprint density at radius 3 is 3.11 bits per heavy atom. The molecule has 1 unspecified atom stereocenters. The molecule has 1 amide bonds. The zero-order chi connectivity index (χ0) is 12.8. The van der Waals surface area contributed by atoms with Crippen LogP contribution < -0.4 is 16.0 Å². The first-order valence-corrected chi connectivity index (χ1v) is 6.61. The molecule has 4 nitrogen and oxygen atoms in total. The first-order chi connectivity index (χ1) is 8.79. The molecular weight excluding hydrogens is 226 g/mol. The smallest absolute Gasteiger partial charge is 0.228 e. The van der Waals surface area contributed by atoms with Crippen LogP contribution in [0.4, 0.5) is 5.69 Å². The molecule has 0 aromatic heterocycles. The second-order valence-electron chi connectivity index (χ2n) is 4.66. The van der Waals surface area contributed by atoms with Gasteiger partial charge in [0.05, 0.1) is 5.92 Å². The molecule has 0 radical (unpaired) electrons. The lowest BCUT2D eigenvalue weighted by Gasteiger charge is -2.11. The molecule has 1 saturated heterocycles. The van der Waals surface area contributed by atoms with Gasteiger partial charge in [0, 0.05) is 18.8 Å². The van der Waals surface area contributed by atoms with Gasteiger partial charge in [-0.25, -0.2) is 0 Å². The second kappa shape index (κ2) is 6.52. The predicted molar refractivity (Wildman–Crippen MR) is 73.4 cm³/mol. The summed E-state index contributed by atoms with van der Waals surface area (Å²) >= 11 is 0. The first-order valence-electron chi connectivity index (χ1n) is 6.61. The van der Waals surface area contributed by atoms with Crippen molar-refractivity contribution in [3.05, 3.63) is 29.8 Å². The molecule has 1 aromatic carbocycles. The highest BCUT2D eigenvalue weighted by atomic mass is 16.1. The van der Waals surface area contributed by atoms with Crippen LogP contribution in [0.2, 0.25) is 0 Å². The van der Waals surface area contributed by atoms with Gasteiger partial charge >= 0.3 is 0 Å². The Hall–Kier alpha value is -1.39. The molecule has 0 aliphatic carbocycles. The van der Waals surface area contributed by atoms with E-state index in [0.717, 1.165) is 38.3 Å². The zero-order valence-corrected chi connectivity index (χ0v) is 10.8. The maximum atomic E-state index is 12.0. The quantitative estimate of drug-likeness (QED) is 0.736. The summed E-state index contributed by atoms with van der Waals surface area (Å²) in [6, 6.07) is 8.02. The largest absolute Gasteiger partial charge is 0.326 e. The number of amides is 1. The van der Waals surface area contributed by atoms with E-state index in [2.05, 4.69) is 28.9 Å². The van der Waals surface area contributed by atoms with Crippen LogP contribution in [-0.4, -0.2) is 25.5 Å². The highest BCUT2D eigenvalue weighted by molar-refractivity contribution is 5.92. The maximum absolute atomic E-state index is 12.0. The van der Waals surface area contributed by atoms with Crippen LogP contribution in [-0.2, 0) is 11.3 Å². The molecule has 2 rings (SSSR count). The fraction of sp³-hybridized carbons (Fsp3) is 0.500. The predicted octanol–water partition coefficient (Wildman–Crippen LogP) is 1.34. The summed E-state index contributed by atoms with van der Waals surface area (Å²) in [6.45, 7) is 5.61. The number of benzene rings is 1. The lowest BCUT2D eigenvalue weighted by molar-refractivity contribution is -0.119. The average Bonchev–Trinajstić information content (AvgIpc) is 2.91. The fourth-order valence-electron chi connectivity index (χ4n) is 2.15. The molecule has 3 N–H and O–H groups in total. The molecule has 1 aliphatic heterocycles. The van der Waals surface area contributed by atoms with Crippen molar-refractivity contribution in [1.29, 1.82) is 0 Å². The van der Waals surface area contributed by atoms with Crippen molar-refractivity contribution < 1.29 is 4.79 Å². The fourth-order valence-corrected chi connectivity index (χ4v) is 2.15. The Bertz CT molecular complexity index is 400. The molecule has 98 valence electrons. The summed E-state index contributed by atoms with van der Waals surface area (Å²) in [5, 5.41) is 9.48. The molecule has 1 atom stereocenters. The third kappa shape index (κ3) is 3.55. The summed E-state index contributed by atoms with van der Waals surface area (Å²) in [5.41, 5.74) is 2.08. The Labute approximate surface area is 108 Å². The number of hydrogen-bond donors (Lipinski definition) is 3. The van der Waals surface area contributed by atoms with E-state index < -0.39 is 0 Å². The van der Waals surface area contributed by atoms with E-state index in [1.165, 1.54) is 5.56 Å². The Morgan fingerprint density at radius 1 is 1.50 bits per heavy atom. The number of carbonyl (C=O) groups excluding carboxylic acids is 1. The second-order valence-corrected chi connectivity index (χ2v) is 4.66. The molecular formula is C14H21N3O. The number of hydrogen-bond acceptors (Lipinski definition) is 3. The number of rotatable bonds is 5. The van der Waals surface area contributed by atoms with Gasteiger partial charge in [0.1, 0.15) is 0 Å². The summed E-state index contributed by atoms with van der Waals surface area (Å²) in [6.07, 6.45) is 0.933. The zero-order valence-electron chi connectivity index (χ0n) is 10.8. The molecule has 1 aromatic rings. The van der Waals surface area contributed by atoms with Gasteiger partial charge in [-0.3, -0.25) is 4.79 Å². The van der Waals surface area contributed by atoms with Gasteiger partial charge in [0.15, 0.2) is 0 Å². The van der Waals surface area contributed by atoms with Crippen molar-refractivity contribution in [2.75, 3.05) is 25.0 Å². The van der Waals surface area contributed by atoms with E-state index >= 15 is 0 Å². The minimum absolute atomic E-state index is 0.113. The van der Waals surface area contributed by atoms with Crippen LogP contribution >= 0.6 is 0 Å². The number of carbonyl (C=O) groups is 1. The summed E-state index contributed by atoms with van der Waals surface area (Å²) < 4.78 is 0. The van der Waals surface area contributed by atoms with Crippen LogP contribution in [0.5, 0.6) is 0 Å². The van der Waals surface area contributed by atoms with Gasteiger partial charge in [0.25, 0.3) is 0 Å².